The van der Waals surface area contributed by atoms with Crippen molar-refractivity contribution in [3.63, 3.8) is 0 Å². The summed E-state index contributed by atoms with van der Waals surface area (Å²) in [5.74, 6) is 0. The predicted molar refractivity (Wildman–Crippen MR) is 86.6 cm³/mol. The number of nitrogens with one attached hydrogen (secondary N) is 3. The van der Waals surface area contributed by atoms with Gasteiger partial charge in [0.1, 0.15) is 0 Å². The molecule has 0 saturated heterocycles. The van der Waals surface area contributed by atoms with Gasteiger partial charge in [-0.1, -0.05) is 12.1 Å². The molecule has 1 unspecified atom stereocenters. The van der Waals surface area contributed by atoms with E-state index in [9.17, 15) is 4.79 Å². The van der Waals surface area contributed by atoms with E-state index in [0.717, 1.165) is 23.8 Å². The lowest BCUT2D eigenvalue weighted by Crippen LogP contribution is -2.36. The second-order valence-corrected chi connectivity index (χ2v) is 5.73. The van der Waals surface area contributed by atoms with E-state index < -0.39 is 0 Å². The van der Waals surface area contributed by atoms with Crippen molar-refractivity contribution < 1.29 is 4.79 Å². The molecule has 0 bridgehead atoms. The summed E-state index contributed by atoms with van der Waals surface area (Å²) >= 11 is 0. The molecular formula is C16H26N4O. The first-order valence-electron chi connectivity index (χ1n) is 7.62. The lowest BCUT2D eigenvalue weighted by atomic mass is 10.1. The van der Waals surface area contributed by atoms with Crippen LogP contribution in [0.5, 0.6) is 0 Å². The second-order valence-electron chi connectivity index (χ2n) is 5.73. The summed E-state index contributed by atoms with van der Waals surface area (Å²) in [6.45, 7) is 3.66. The first kappa shape index (κ1) is 15.8. The molecule has 5 heteroatoms. The van der Waals surface area contributed by atoms with Gasteiger partial charge >= 0.3 is 6.03 Å². The minimum Gasteiger partial charge on any atom is -0.337 e. The van der Waals surface area contributed by atoms with Gasteiger partial charge in [0, 0.05) is 30.9 Å². The fraction of sp³-hybridized carbons (Fsp3) is 0.562. The monoisotopic (exact) mass is 290 g/mol. The number of carbonyl (C=O) groups is 1. The third-order valence-corrected chi connectivity index (χ3v) is 4.00. The van der Waals surface area contributed by atoms with E-state index in [-0.39, 0.29) is 12.1 Å². The molecule has 2 amide bonds. The number of anilines is 1. The van der Waals surface area contributed by atoms with Gasteiger partial charge in [-0.2, -0.15) is 0 Å². The van der Waals surface area contributed by atoms with E-state index >= 15 is 0 Å². The molecule has 2 rings (SSSR count). The van der Waals surface area contributed by atoms with E-state index in [4.69, 9.17) is 0 Å². The highest BCUT2D eigenvalue weighted by molar-refractivity contribution is 5.89. The fourth-order valence-corrected chi connectivity index (χ4v) is 2.27. The molecule has 0 heterocycles. The Bertz CT molecular complexity index is 473. The molecule has 0 aliphatic heterocycles. The van der Waals surface area contributed by atoms with Crippen LogP contribution in [0.3, 0.4) is 0 Å². The Morgan fingerprint density at radius 2 is 2.19 bits per heavy atom. The maximum absolute atomic E-state index is 11.9. The third kappa shape index (κ3) is 5.02. The molecule has 116 valence electrons. The largest absolute Gasteiger partial charge is 0.337 e. The predicted octanol–water partition coefficient (Wildman–Crippen LogP) is 2.18. The van der Waals surface area contributed by atoms with Gasteiger partial charge < -0.3 is 20.9 Å². The first-order chi connectivity index (χ1) is 10.1. The number of hydrogen-bond donors (Lipinski definition) is 3. The van der Waals surface area contributed by atoms with E-state index in [1.165, 1.54) is 12.8 Å². The molecule has 0 spiro atoms. The van der Waals surface area contributed by atoms with Gasteiger partial charge in [0.15, 0.2) is 0 Å². The molecule has 3 N–H and O–H groups in total. The molecule has 1 fully saturated rings. The van der Waals surface area contributed by atoms with Gasteiger partial charge in [-0.3, -0.25) is 0 Å². The molecule has 0 aromatic heterocycles. The first-order valence-corrected chi connectivity index (χ1v) is 7.62. The van der Waals surface area contributed by atoms with Crippen LogP contribution in [0.1, 0.15) is 31.4 Å². The Morgan fingerprint density at radius 1 is 1.43 bits per heavy atom. The lowest BCUT2D eigenvalue weighted by Gasteiger charge is -2.16. The highest BCUT2D eigenvalue weighted by Gasteiger charge is 2.25. The number of benzene rings is 1. The number of carbonyl (C=O) groups excluding carboxylic acids is 1. The highest BCUT2D eigenvalue weighted by Crippen LogP contribution is 2.24. The topological polar surface area (TPSA) is 56.4 Å². The standard InChI is InChI=1S/C16H26N4O/c1-12(17-2)13-5-4-6-14(11-13)19-16(21)18-9-10-20(3)15-7-8-15/h4-6,11-12,15,17H,7-10H2,1-3H3,(H2,18,19,21). The van der Waals surface area contributed by atoms with Gasteiger partial charge in [0.25, 0.3) is 0 Å². The van der Waals surface area contributed by atoms with Crippen LogP contribution in [0.15, 0.2) is 24.3 Å². The van der Waals surface area contributed by atoms with E-state index in [1.54, 1.807) is 0 Å². The van der Waals surface area contributed by atoms with Crippen LogP contribution < -0.4 is 16.0 Å². The number of likely N-dealkylation sites (N-methyl/N-ethyl adjacent to an activating group) is 1. The second kappa shape index (κ2) is 7.43. The van der Waals surface area contributed by atoms with Crippen molar-refractivity contribution >= 4 is 11.7 Å². The zero-order valence-electron chi connectivity index (χ0n) is 13.1. The smallest absolute Gasteiger partial charge is 0.319 e. The van der Waals surface area contributed by atoms with Crippen molar-refractivity contribution in [3.8, 4) is 0 Å². The van der Waals surface area contributed by atoms with Crippen molar-refractivity contribution in [3.05, 3.63) is 29.8 Å². The number of rotatable bonds is 7. The zero-order chi connectivity index (χ0) is 15.2. The van der Waals surface area contributed by atoms with Crippen LogP contribution in [-0.4, -0.2) is 44.2 Å². The minimum atomic E-state index is -0.145. The Kier molecular flexibility index (Phi) is 5.59. The van der Waals surface area contributed by atoms with Crippen LogP contribution in [-0.2, 0) is 0 Å². The summed E-state index contributed by atoms with van der Waals surface area (Å²) in [5.41, 5.74) is 1.98. The van der Waals surface area contributed by atoms with Crippen LogP contribution in [0.4, 0.5) is 10.5 Å². The van der Waals surface area contributed by atoms with Gasteiger partial charge in [-0.15, -0.1) is 0 Å². The van der Waals surface area contributed by atoms with Crippen molar-refractivity contribution in [1.29, 1.82) is 0 Å². The molecule has 1 aromatic rings. The fourth-order valence-electron chi connectivity index (χ4n) is 2.27. The summed E-state index contributed by atoms with van der Waals surface area (Å²) in [6.07, 6.45) is 2.58. The molecule has 1 aliphatic rings. The number of urea groups is 1. The molecule has 0 radical (unpaired) electrons. The minimum absolute atomic E-state index is 0.145. The maximum atomic E-state index is 11.9. The molecule has 21 heavy (non-hydrogen) atoms. The third-order valence-electron chi connectivity index (χ3n) is 4.00. The molecule has 1 saturated carbocycles. The maximum Gasteiger partial charge on any atom is 0.319 e. The van der Waals surface area contributed by atoms with Gasteiger partial charge in [-0.05, 0) is 51.6 Å². The van der Waals surface area contributed by atoms with E-state index in [2.05, 4.69) is 40.9 Å². The lowest BCUT2D eigenvalue weighted by molar-refractivity contribution is 0.249. The molecular weight excluding hydrogens is 264 g/mol. The van der Waals surface area contributed by atoms with Crippen LogP contribution in [0.25, 0.3) is 0 Å². The summed E-state index contributed by atoms with van der Waals surface area (Å²) in [4.78, 5) is 14.2. The Morgan fingerprint density at radius 3 is 2.86 bits per heavy atom. The average molecular weight is 290 g/mol. The molecule has 5 nitrogen and oxygen atoms in total. The highest BCUT2D eigenvalue weighted by atomic mass is 16.2. The SMILES string of the molecule is CNC(C)c1cccc(NC(=O)NCCN(C)C2CC2)c1. The Hall–Kier alpha value is -1.59. The molecule has 1 aromatic carbocycles. The quantitative estimate of drug-likeness (QED) is 0.721. The van der Waals surface area contributed by atoms with Crippen LogP contribution >= 0.6 is 0 Å². The zero-order valence-corrected chi connectivity index (χ0v) is 13.1. The summed E-state index contributed by atoms with van der Waals surface area (Å²) in [7, 11) is 4.04. The van der Waals surface area contributed by atoms with Crippen molar-refractivity contribution in [1.82, 2.24) is 15.5 Å². The van der Waals surface area contributed by atoms with Crippen molar-refractivity contribution in [2.75, 3.05) is 32.5 Å². The molecule has 1 atom stereocenters. The Balaban J connectivity index is 1.76. The van der Waals surface area contributed by atoms with Gasteiger partial charge in [0.05, 0.1) is 0 Å². The van der Waals surface area contributed by atoms with Gasteiger partial charge in [-0.25, -0.2) is 4.79 Å². The number of hydrogen-bond acceptors (Lipinski definition) is 3. The van der Waals surface area contributed by atoms with Crippen LogP contribution in [0.2, 0.25) is 0 Å². The number of amides is 2. The van der Waals surface area contributed by atoms with Gasteiger partial charge in [0.2, 0.25) is 0 Å². The van der Waals surface area contributed by atoms with Crippen molar-refractivity contribution in [2.24, 2.45) is 0 Å². The average Bonchev–Trinajstić information content (AvgIpc) is 3.31. The summed E-state index contributed by atoms with van der Waals surface area (Å²) in [5, 5.41) is 8.97. The van der Waals surface area contributed by atoms with Crippen molar-refractivity contribution in [2.45, 2.75) is 31.8 Å². The molecule has 1 aliphatic carbocycles. The summed E-state index contributed by atoms with van der Waals surface area (Å²) < 4.78 is 0. The normalized spacial score (nSPS) is 15.8. The van der Waals surface area contributed by atoms with Crippen LogP contribution in [0, 0.1) is 0 Å². The van der Waals surface area contributed by atoms with E-state index in [0.29, 0.717) is 6.54 Å². The van der Waals surface area contributed by atoms with E-state index in [1.807, 2.05) is 25.2 Å². The Labute approximate surface area is 127 Å². The summed E-state index contributed by atoms with van der Waals surface area (Å²) in [6, 6.07) is 8.76. The number of nitrogens with zero attached hydrogens (tertiary/aromatic N) is 1.